The molecule has 26 heavy (non-hydrogen) atoms. The molecule has 2 aromatic carbocycles. The van der Waals surface area contributed by atoms with Crippen LogP contribution in [0.1, 0.15) is 27.2 Å². The lowest BCUT2D eigenvalue weighted by Gasteiger charge is -2.21. The van der Waals surface area contributed by atoms with Gasteiger partial charge in [-0.25, -0.2) is 0 Å². The van der Waals surface area contributed by atoms with Crippen LogP contribution in [-0.2, 0) is 13.0 Å². The number of carbonyl (C=O) groups excluding carboxylic acids is 1. The summed E-state index contributed by atoms with van der Waals surface area (Å²) >= 11 is 0. The highest BCUT2D eigenvalue weighted by Gasteiger charge is 2.19. The number of nitrogens with zero attached hydrogens (tertiary/aromatic N) is 2. The quantitative estimate of drug-likeness (QED) is 0.772. The monoisotopic (exact) mass is 343 g/mol. The van der Waals surface area contributed by atoms with Crippen LogP contribution in [0.2, 0.25) is 0 Å². The number of nitrogens with one attached hydrogen (secondary N) is 1. The molecule has 0 aliphatic carbocycles. The lowest BCUT2D eigenvalue weighted by Crippen LogP contribution is -2.21. The zero-order valence-electron chi connectivity index (χ0n) is 14.8. The fourth-order valence-corrected chi connectivity index (χ4v) is 3.35. The van der Waals surface area contributed by atoms with Crippen LogP contribution < -0.4 is 10.2 Å². The topological polar surface area (TPSA) is 45.2 Å². The molecule has 1 aliphatic heterocycles. The summed E-state index contributed by atoms with van der Waals surface area (Å²) in [5.41, 5.74) is 6.10. The number of aryl methyl sites for hydroxylation is 1. The van der Waals surface area contributed by atoms with Crippen molar-refractivity contribution in [1.82, 2.24) is 4.98 Å². The van der Waals surface area contributed by atoms with Gasteiger partial charge < -0.3 is 10.2 Å². The van der Waals surface area contributed by atoms with E-state index in [0.29, 0.717) is 5.56 Å². The van der Waals surface area contributed by atoms with Crippen LogP contribution in [0.3, 0.4) is 0 Å². The van der Waals surface area contributed by atoms with E-state index in [9.17, 15) is 4.79 Å². The van der Waals surface area contributed by atoms with E-state index in [0.717, 1.165) is 36.5 Å². The number of fused-ring (bicyclic) bond motifs is 1. The Hall–Kier alpha value is -3.14. The summed E-state index contributed by atoms with van der Waals surface area (Å²) in [5.74, 6) is -0.133. The number of anilines is 2. The summed E-state index contributed by atoms with van der Waals surface area (Å²) in [5, 5.41) is 3.04. The van der Waals surface area contributed by atoms with Crippen LogP contribution >= 0.6 is 0 Å². The Morgan fingerprint density at radius 2 is 1.88 bits per heavy atom. The number of aromatic nitrogens is 1. The molecule has 1 aromatic heterocycles. The van der Waals surface area contributed by atoms with E-state index in [2.05, 4.69) is 45.5 Å². The van der Waals surface area contributed by atoms with Crippen molar-refractivity contribution in [2.24, 2.45) is 0 Å². The molecule has 0 bridgehead atoms. The Morgan fingerprint density at radius 3 is 2.73 bits per heavy atom. The number of hydrogen-bond acceptors (Lipinski definition) is 3. The molecule has 1 aliphatic rings. The first-order valence-electron chi connectivity index (χ1n) is 8.85. The van der Waals surface area contributed by atoms with Gasteiger partial charge in [0.05, 0.1) is 5.56 Å². The molecule has 0 saturated carbocycles. The predicted molar refractivity (Wildman–Crippen MR) is 105 cm³/mol. The molecule has 4 nitrogen and oxygen atoms in total. The van der Waals surface area contributed by atoms with Crippen molar-refractivity contribution >= 4 is 17.3 Å². The molecular weight excluding hydrogens is 322 g/mol. The fourth-order valence-electron chi connectivity index (χ4n) is 3.35. The normalized spacial score (nSPS) is 12.7. The average molecular weight is 343 g/mol. The molecule has 0 unspecified atom stereocenters. The number of carbonyl (C=O) groups is 1. The summed E-state index contributed by atoms with van der Waals surface area (Å²) in [6.45, 7) is 3.69. The first-order chi connectivity index (χ1) is 12.7. The molecule has 4 rings (SSSR count). The van der Waals surface area contributed by atoms with E-state index in [1.807, 2.05) is 31.2 Å². The first-order valence-corrected chi connectivity index (χ1v) is 8.85. The zero-order valence-corrected chi connectivity index (χ0v) is 14.8. The largest absolute Gasteiger partial charge is 0.367 e. The molecule has 0 spiro atoms. The van der Waals surface area contributed by atoms with Crippen LogP contribution in [0.4, 0.5) is 11.4 Å². The number of hydrogen-bond donors (Lipinski definition) is 1. The van der Waals surface area contributed by atoms with Gasteiger partial charge in [-0.3, -0.25) is 9.78 Å². The number of amides is 1. The van der Waals surface area contributed by atoms with Crippen LogP contribution in [0, 0.1) is 6.92 Å². The summed E-state index contributed by atoms with van der Waals surface area (Å²) in [4.78, 5) is 19.1. The van der Waals surface area contributed by atoms with Crippen LogP contribution in [0.5, 0.6) is 0 Å². The Labute approximate surface area is 153 Å². The van der Waals surface area contributed by atoms with Crippen molar-refractivity contribution in [2.45, 2.75) is 19.9 Å². The molecule has 0 saturated heterocycles. The molecule has 1 N–H and O–H groups in total. The van der Waals surface area contributed by atoms with Gasteiger partial charge in [0.25, 0.3) is 5.91 Å². The van der Waals surface area contributed by atoms with Crippen LogP contribution in [-0.4, -0.2) is 17.4 Å². The van der Waals surface area contributed by atoms with Gasteiger partial charge in [-0.1, -0.05) is 36.4 Å². The highest BCUT2D eigenvalue weighted by Crippen LogP contribution is 2.30. The minimum absolute atomic E-state index is 0.133. The van der Waals surface area contributed by atoms with Gasteiger partial charge in [0.2, 0.25) is 0 Å². The van der Waals surface area contributed by atoms with E-state index in [4.69, 9.17) is 0 Å². The molecule has 0 fully saturated rings. The molecule has 0 radical (unpaired) electrons. The minimum Gasteiger partial charge on any atom is -0.367 e. The van der Waals surface area contributed by atoms with Crippen LogP contribution in [0.25, 0.3) is 0 Å². The van der Waals surface area contributed by atoms with Crippen LogP contribution in [0.15, 0.2) is 66.9 Å². The van der Waals surface area contributed by atoms with Gasteiger partial charge in [-0.05, 0) is 48.7 Å². The predicted octanol–water partition coefficient (Wildman–Crippen LogP) is 4.21. The van der Waals surface area contributed by atoms with Crippen molar-refractivity contribution in [3.63, 3.8) is 0 Å². The molecule has 1 amide bonds. The van der Waals surface area contributed by atoms with Crippen molar-refractivity contribution < 1.29 is 4.79 Å². The van der Waals surface area contributed by atoms with Crippen molar-refractivity contribution in [3.8, 4) is 0 Å². The summed E-state index contributed by atoms with van der Waals surface area (Å²) < 4.78 is 0. The second kappa shape index (κ2) is 7.00. The SMILES string of the molecule is Cc1ccc(C(=O)Nc2ccccc2CN2CCc3ccccc32)cn1. The second-order valence-corrected chi connectivity index (χ2v) is 6.60. The molecule has 130 valence electrons. The standard InChI is InChI=1S/C22H21N3O/c1-16-10-11-18(14-23-16)22(26)24-20-8-4-2-7-19(20)15-25-13-12-17-6-3-5-9-21(17)25/h2-11,14H,12-13,15H2,1H3,(H,24,26). The number of para-hydroxylation sites is 2. The lowest BCUT2D eigenvalue weighted by molar-refractivity contribution is 0.102. The average Bonchev–Trinajstić information content (AvgIpc) is 3.07. The second-order valence-electron chi connectivity index (χ2n) is 6.60. The third-order valence-corrected chi connectivity index (χ3v) is 4.78. The molecule has 2 heterocycles. The smallest absolute Gasteiger partial charge is 0.257 e. The highest BCUT2D eigenvalue weighted by molar-refractivity contribution is 6.04. The number of benzene rings is 2. The lowest BCUT2D eigenvalue weighted by atomic mass is 10.1. The first kappa shape index (κ1) is 16.3. The third kappa shape index (κ3) is 3.31. The third-order valence-electron chi connectivity index (χ3n) is 4.78. The van der Waals surface area contributed by atoms with Crippen molar-refractivity contribution in [2.75, 3.05) is 16.8 Å². The summed E-state index contributed by atoms with van der Waals surface area (Å²) in [7, 11) is 0. The Morgan fingerprint density at radius 1 is 1.08 bits per heavy atom. The highest BCUT2D eigenvalue weighted by atomic mass is 16.1. The number of pyridine rings is 1. The zero-order chi connectivity index (χ0) is 17.9. The maximum atomic E-state index is 12.5. The molecular formula is C22H21N3O. The Bertz CT molecular complexity index is 934. The maximum Gasteiger partial charge on any atom is 0.257 e. The van der Waals surface area contributed by atoms with Gasteiger partial charge in [-0.2, -0.15) is 0 Å². The summed E-state index contributed by atoms with van der Waals surface area (Å²) in [6.07, 6.45) is 2.68. The van der Waals surface area contributed by atoms with Gasteiger partial charge in [-0.15, -0.1) is 0 Å². The van der Waals surface area contributed by atoms with Crippen molar-refractivity contribution in [1.29, 1.82) is 0 Å². The van der Waals surface area contributed by atoms with Gasteiger partial charge in [0.1, 0.15) is 0 Å². The van der Waals surface area contributed by atoms with E-state index in [1.54, 1.807) is 12.3 Å². The molecule has 4 heteroatoms. The van der Waals surface area contributed by atoms with E-state index in [1.165, 1.54) is 11.3 Å². The number of rotatable bonds is 4. The van der Waals surface area contributed by atoms with Gasteiger partial charge in [0.15, 0.2) is 0 Å². The van der Waals surface area contributed by atoms with Gasteiger partial charge >= 0.3 is 0 Å². The van der Waals surface area contributed by atoms with Gasteiger partial charge in [0, 0.05) is 36.4 Å². The maximum absolute atomic E-state index is 12.5. The minimum atomic E-state index is -0.133. The Balaban J connectivity index is 1.54. The van der Waals surface area contributed by atoms with Crippen molar-refractivity contribution in [3.05, 3.63) is 89.2 Å². The fraction of sp³-hybridized carbons (Fsp3) is 0.182. The van der Waals surface area contributed by atoms with E-state index >= 15 is 0 Å². The van der Waals surface area contributed by atoms with E-state index < -0.39 is 0 Å². The van der Waals surface area contributed by atoms with E-state index in [-0.39, 0.29) is 5.91 Å². The Kier molecular flexibility index (Phi) is 4.40. The molecule has 3 aromatic rings. The summed E-state index contributed by atoms with van der Waals surface area (Å²) in [6, 6.07) is 20.2. The molecule has 0 atom stereocenters.